The van der Waals surface area contributed by atoms with Crippen molar-refractivity contribution in [3.8, 4) is 0 Å². The Hall–Kier alpha value is -3.74. The largest absolute Gasteiger partial charge is 0.339 e. The van der Waals surface area contributed by atoms with Gasteiger partial charge in [-0.3, -0.25) is 9.59 Å². The number of anilines is 2. The monoisotopic (exact) mass is 471 g/mol. The van der Waals surface area contributed by atoms with Crippen LogP contribution in [0, 0.1) is 5.92 Å². The summed E-state index contributed by atoms with van der Waals surface area (Å²) in [6.45, 7) is 7.16. The van der Waals surface area contributed by atoms with Crippen molar-refractivity contribution in [1.29, 1.82) is 0 Å². The highest BCUT2D eigenvalue weighted by Gasteiger charge is 2.22. The molecule has 2 amide bonds. The number of piperazine rings is 1. The van der Waals surface area contributed by atoms with Crippen molar-refractivity contribution in [3.05, 3.63) is 83.7 Å². The molecule has 1 aliphatic heterocycles. The van der Waals surface area contributed by atoms with Gasteiger partial charge in [0.15, 0.2) is 0 Å². The van der Waals surface area contributed by atoms with Crippen LogP contribution in [-0.2, 0) is 28.9 Å². The molecular formula is C28H33N5O2. The van der Waals surface area contributed by atoms with Gasteiger partial charge in [-0.25, -0.2) is 9.97 Å². The molecule has 1 N–H and O–H groups in total. The fourth-order valence-electron chi connectivity index (χ4n) is 4.26. The number of aromatic nitrogens is 2. The van der Waals surface area contributed by atoms with Gasteiger partial charge in [0.2, 0.25) is 17.8 Å². The number of nitrogens with zero attached hydrogens (tertiary/aromatic N) is 4. The van der Waals surface area contributed by atoms with Gasteiger partial charge in [0.25, 0.3) is 0 Å². The van der Waals surface area contributed by atoms with E-state index < -0.39 is 0 Å². The summed E-state index contributed by atoms with van der Waals surface area (Å²) < 4.78 is 0. The molecule has 1 saturated heterocycles. The highest BCUT2D eigenvalue weighted by atomic mass is 16.2. The lowest BCUT2D eigenvalue weighted by atomic mass is 10.0. The molecule has 0 radical (unpaired) electrons. The molecule has 3 aromatic rings. The van der Waals surface area contributed by atoms with Gasteiger partial charge in [-0.2, -0.15) is 0 Å². The van der Waals surface area contributed by atoms with Crippen LogP contribution in [0.5, 0.6) is 0 Å². The van der Waals surface area contributed by atoms with Crippen molar-refractivity contribution in [2.75, 3.05) is 36.4 Å². The van der Waals surface area contributed by atoms with E-state index in [4.69, 9.17) is 0 Å². The van der Waals surface area contributed by atoms with Gasteiger partial charge < -0.3 is 15.1 Å². The molecule has 1 aromatic heterocycles. The molecule has 0 saturated carbocycles. The average Bonchev–Trinajstić information content (AvgIpc) is 2.87. The number of carbonyl (C=O) groups excluding carboxylic acids is 2. The van der Waals surface area contributed by atoms with Gasteiger partial charge >= 0.3 is 0 Å². The summed E-state index contributed by atoms with van der Waals surface area (Å²) in [4.78, 5) is 37.8. The minimum Gasteiger partial charge on any atom is -0.339 e. The molecule has 0 unspecified atom stereocenters. The zero-order valence-electron chi connectivity index (χ0n) is 20.5. The predicted octanol–water partition coefficient (Wildman–Crippen LogP) is 3.75. The molecule has 182 valence electrons. The summed E-state index contributed by atoms with van der Waals surface area (Å²) in [5.74, 6) is 1.38. The topological polar surface area (TPSA) is 78.4 Å². The lowest BCUT2D eigenvalue weighted by molar-refractivity contribution is -0.130. The summed E-state index contributed by atoms with van der Waals surface area (Å²) in [6.07, 6.45) is 5.19. The number of hydrogen-bond donors (Lipinski definition) is 1. The van der Waals surface area contributed by atoms with Crippen LogP contribution in [0.15, 0.2) is 67.0 Å². The van der Waals surface area contributed by atoms with E-state index in [0.717, 1.165) is 36.3 Å². The van der Waals surface area contributed by atoms with Gasteiger partial charge in [-0.15, -0.1) is 0 Å². The van der Waals surface area contributed by atoms with Gasteiger partial charge in [-0.1, -0.05) is 50.2 Å². The third kappa shape index (κ3) is 7.12. The maximum absolute atomic E-state index is 12.8. The van der Waals surface area contributed by atoms with E-state index in [1.165, 1.54) is 5.56 Å². The molecule has 0 bridgehead atoms. The number of rotatable bonds is 8. The Labute approximate surface area is 207 Å². The summed E-state index contributed by atoms with van der Waals surface area (Å²) in [5.41, 5.74) is 3.96. The van der Waals surface area contributed by atoms with E-state index in [0.29, 0.717) is 37.8 Å². The number of benzene rings is 2. The van der Waals surface area contributed by atoms with Gasteiger partial charge in [0.1, 0.15) is 0 Å². The van der Waals surface area contributed by atoms with E-state index in [9.17, 15) is 9.59 Å². The second kappa shape index (κ2) is 11.6. The Bertz CT molecular complexity index is 1110. The lowest BCUT2D eigenvalue weighted by Crippen LogP contribution is -2.49. The molecule has 7 nitrogen and oxygen atoms in total. The van der Waals surface area contributed by atoms with Crippen molar-refractivity contribution in [3.63, 3.8) is 0 Å². The lowest BCUT2D eigenvalue weighted by Gasteiger charge is -2.34. The Morgan fingerprint density at radius 1 is 0.829 bits per heavy atom. The van der Waals surface area contributed by atoms with Crippen LogP contribution < -0.4 is 10.2 Å². The SMILES string of the molecule is CC(C)Cc1ccc(CC(=O)Nc2ccc(CC(=O)N3CCN(c4ncccn4)CC3)cc2)cc1. The van der Waals surface area contributed by atoms with E-state index in [1.807, 2.05) is 41.3 Å². The van der Waals surface area contributed by atoms with Gasteiger partial charge in [-0.05, 0) is 47.2 Å². The van der Waals surface area contributed by atoms with E-state index in [1.54, 1.807) is 18.5 Å². The molecule has 2 aromatic carbocycles. The normalized spacial score (nSPS) is 13.7. The first-order valence-electron chi connectivity index (χ1n) is 12.2. The third-order valence-corrected chi connectivity index (χ3v) is 6.09. The summed E-state index contributed by atoms with van der Waals surface area (Å²) in [6, 6.07) is 17.6. The summed E-state index contributed by atoms with van der Waals surface area (Å²) >= 11 is 0. The Balaban J connectivity index is 1.23. The van der Waals surface area contributed by atoms with E-state index in [-0.39, 0.29) is 11.8 Å². The number of carbonyl (C=O) groups is 2. The Morgan fingerprint density at radius 3 is 2.03 bits per heavy atom. The molecule has 0 atom stereocenters. The van der Waals surface area contributed by atoms with E-state index >= 15 is 0 Å². The van der Waals surface area contributed by atoms with Crippen molar-refractivity contribution in [2.24, 2.45) is 5.92 Å². The Morgan fingerprint density at radius 2 is 1.40 bits per heavy atom. The second-order valence-electron chi connectivity index (χ2n) is 9.43. The van der Waals surface area contributed by atoms with Crippen molar-refractivity contribution in [2.45, 2.75) is 33.1 Å². The van der Waals surface area contributed by atoms with Crippen molar-refractivity contribution < 1.29 is 9.59 Å². The number of hydrogen-bond acceptors (Lipinski definition) is 5. The molecule has 7 heteroatoms. The minimum absolute atomic E-state index is 0.0503. The highest BCUT2D eigenvalue weighted by molar-refractivity contribution is 5.92. The van der Waals surface area contributed by atoms with Crippen molar-refractivity contribution in [1.82, 2.24) is 14.9 Å². The van der Waals surface area contributed by atoms with Crippen molar-refractivity contribution >= 4 is 23.5 Å². The van der Waals surface area contributed by atoms with Crippen LogP contribution in [0.2, 0.25) is 0 Å². The van der Waals surface area contributed by atoms with Crippen LogP contribution in [-0.4, -0.2) is 52.9 Å². The molecule has 35 heavy (non-hydrogen) atoms. The first-order valence-corrected chi connectivity index (χ1v) is 12.2. The van der Waals surface area contributed by atoms with Crippen LogP contribution in [0.4, 0.5) is 11.6 Å². The molecule has 4 rings (SSSR count). The molecule has 1 fully saturated rings. The number of amides is 2. The summed E-state index contributed by atoms with van der Waals surface area (Å²) in [7, 11) is 0. The quantitative estimate of drug-likeness (QED) is 0.541. The van der Waals surface area contributed by atoms with Crippen LogP contribution in [0.1, 0.15) is 30.5 Å². The zero-order valence-corrected chi connectivity index (χ0v) is 20.5. The molecule has 2 heterocycles. The standard InChI is InChI=1S/C28H33N5O2/c1-21(2)18-22-4-6-23(7-5-22)19-26(34)31-25-10-8-24(9-11-25)20-27(35)32-14-16-33(17-15-32)28-29-12-3-13-30-28/h3-13,21H,14-20H2,1-2H3,(H,31,34). The van der Waals surface area contributed by atoms with Crippen LogP contribution in [0.25, 0.3) is 0 Å². The fourth-order valence-corrected chi connectivity index (χ4v) is 4.26. The molecule has 0 aliphatic carbocycles. The van der Waals surface area contributed by atoms with Crippen LogP contribution >= 0.6 is 0 Å². The predicted molar refractivity (Wildman–Crippen MR) is 138 cm³/mol. The maximum Gasteiger partial charge on any atom is 0.228 e. The zero-order chi connectivity index (χ0) is 24.6. The van der Waals surface area contributed by atoms with E-state index in [2.05, 4.69) is 46.2 Å². The molecule has 0 spiro atoms. The second-order valence-corrected chi connectivity index (χ2v) is 9.43. The first-order chi connectivity index (χ1) is 17.0. The maximum atomic E-state index is 12.8. The Kier molecular flexibility index (Phi) is 8.08. The number of nitrogens with one attached hydrogen (secondary N) is 1. The smallest absolute Gasteiger partial charge is 0.228 e. The van der Waals surface area contributed by atoms with Gasteiger partial charge in [0, 0.05) is 44.3 Å². The average molecular weight is 472 g/mol. The molecule has 1 aliphatic rings. The fraction of sp³-hybridized carbons (Fsp3) is 0.357. The molecular weight excluding hydrogens is 438 g/mol. The first kappa shape index (κ1) is 24.4. The summed E-state index contributed by atoms with van der Waals surface area (Å²) in [5, 5.41) is 2.95. The highest BCUT2D eigenvalue weighted by Crippen LogP contribution is 2.15. The minimum atomic E-state index is -0.0503. The van der Waals surface area contributed by atoms with Crippen LogP contribution in [0.3, 0.4) is 0 Å². The third-order valence-electron chi connectivity index (χ3n) is 6.09. The van der Waals surface area contributed by atoms with Gasteiger partial charge in [0.05, 0.1) is 12.8 Å².